The number of aryl methyl sites for hydroxylation is 2. The number of nitrogens with one attached hydrogen (secondary N) is 1. The van der Waals surface area contributed by atoms with Crippen LogP contribution < -0.4 is 10.1 Å². The average Bonchev–Trinajstić information content (AvgIpc) is 3.14. The summed E-state index contributed by atoms with van der Waals surface area (Å²) < 4.78 is 11.2. The van der Waals surface area contributed by atoms with Crippen molar-refractivity contribution in [2.75, 3.05) is 13.2 Å². The average molecular weight is 387 g/mol. The van der Waals surface area contributed by atoms with Gasteiger partial charge in [-0.15, -0.1) is 12.4 Å². The Labute approximate surface area is 164 Å². The minimum absolute atomic E-state index is 0. The van der Waals surface area contributed by atoms with Crippen LogP contribution in [-0.2, 0) is 19.4 Å². The van der Waals surface area contributed by atoms with Gasteiger partial charge < -0.3 is 14.6 Å². The van der Waals surface area contributed by atoms with Crippen LogP contribution >= 0.6 is 12.4 Å². The van der Waals surface area contributed by atoms with E-state index in [9.17, 15) is 0 Å². The van der Waals surface area contributed by atoms with E-state index in [0.717, 1.165) is 42.9 Å². The molecule has 3 heterocycles. The summed E-state index contributed by atoms with van der Waals surface area (Å²) in [5.74, 6) is 2.17. The molecule has 0 atom stereocenters. The van der Waals surface area contributed by atoms with E-state index >= 15 is 0 Å². The van der Waals surface area contributed by atoms with Crippen LogP contribution in [0.3, 0.4) is 0 Å². The molecule has 0 saturated heterocycles. The molecule has 1 aromatic carbocycles. The molecule has 142 valence electrons. The fourth-order valence-corrected chi connectivity index (χ4v) is 3.26. The lowest BCUT2D eigenvalue weighted by Gasteiger charge is -2.19. The number of pyridine rings is 1. The Morgan fingerprint density at radius 3 is 2.93 bits per heavy atom. The number of hydrogen-bond donors (Lipinski definition) is 1. The van der Waals surface area contributed by atoms with Crippen molar-refractivity contribution in [3.63, 3.8) is 0 Å². The lowest BCUT2D eigenvalue weighted by Crippen LogP contribution is -2.24. The van der Waals surface area contributed by atoms with E-state index in [0.29, 0.717) is 24.7 Å². The predicted octanol–water partition coefficient (Wildman–Crippen LogP) is 3.52. The van der Waals surface area contributed by atoms with Gasteiger partial charge in [0.25, 0.3) is 0 Å². The zero-order valence-corrected chi connectivity index (χ0v) is 16.1. The Kier molecular flexibility index (Phi) is 6.42. The Hall–Kier alpha value is -2.44. The van der Waals surface area contributed by atoms with Crippen molar-refractivity contribution in [1.82, 2.24) is 20.4 Å². The van der Waals surface area contributed by atoms with Gasteiger partial charge in [-0.25, -0.2) is 0 Å². The monoisotopic (exact) mass is 386 g/mol. The molecule has 6 nitrogen and oxygen atoms in total. The fourth-order valence-electron chi connectivity index (χ4n) is 3.26. The van der Waals surface area contributed by atoms with E-state index in [1.165, 1.54) is 11.1 Å². The van der Waals surface area contributed by atoms with Crippen LogP contribution in [0.4, 0.5) is 0 Å². The first-order valence-corrected chi connectivity index (χ1v) is 9.00. The van der Waals surface area contributed by atoms with Gasteiger partial charge in [0.05, 0.1) is 6.61 Å². The first kappa shape index (κ1) is 19.3. The second-order valence-electron chi connectivity index (χ2n) is 6.43. The molecule has 7 heteroatoms. The summed E-state index contributed by atoms with van der Waals surface area (Å²) in [6.45, 7) is 4.43. The quantitative estimate of drug-likeness (QED) is 0.653. The number of nitrogens with zero attached hydrogens (tertiary/aromatic N) is 3. The minimum atomic E-state index is 0. The SMILES string of the molecule is Cc1ncc2c(c1-c1noc(CCCOc3ccccc3)n1)CCNC2.Cl. The highest BCUT2D eigenvalue weighted by Crippen LogP contribution is 2.28. The molecule has 0 radical (unpaired) electrons. The first-order chi connectivity index (χ1) is 12.8. The highest BCUT2D eigenvalue weighted by molar-refractivity contribution is 5.85. The van der Waals surface area contributed by atoms with E-state index < -0.39 is 0 Å². The van der Waals surface area contributed by atoms with E-state index in [2.05, 4.69) is 20.4 Å². The van der Waals surface area contributed by atoms with Crippen LogP contribution in [0.5, 0.6) is 5.75 Å². The van der Waals surface area contributed by atoms with Crippen LogP contribution in [-0.4, -0.2) is 28.3 Å². The smallest absolute Gasteiger partial charge is 0.227 e. The van der Waals surface area contributed by atoms with Gasteiger partial charge in [0.15, 0.2) is 0 Å². The van der Waals surface area contributed by atoms with Crippen LogP contribution in [0, 0.1) is 6.92 Å². The molecule has 0 unspecified atom stereocenters. The second-order valence-corrected chi connectivity index (χ2v) is 6.43. The zero-order chi connectivity index (χ0) is 17.8. The molecule has 2 aromatic heterocycles. The summed E-state index contributed by atoms with van der Waals surface area (Å²) in [5, 5.41) is 7.58. The normalized spacial score (nSPS) is 12.9. The summed E-state index contributed by atoms with van der Waals surface area (Å²) in [6.07, 6.45) is 4.43. The molecule has 0 fully saturated rings. The fraction of sp³-hybridized carbons (Fsp3) is 0.350. The molecule has 1 aliphatic rings. The maximum atomic E-state index is 5.71. The number of para-hydroxylation sites is 1. The predicted molar refractivity (Wildman–Crippen MR) is 105 cm³/mol. The first-order valence-electron chi connectivity index (χ1n) is 9.00. The Morgan fingerprint density at radius 2 is 2.07 bits per heavy atom. The molecule has 3 aromatic rings. The van der Waals surface area contributed by atoms with Gasteiger partial charge in [-0.05, 0) is 49.6 Å². The topological polar surface area (TPSA) is 73.1 Å². The number of halogens is 1. The molecule has 0 bridgehead atoms. The van der Waals surface area contributed by atoms with Crippen molar-refractivity contribution < 1.29 is 9.26 Å². The van der Waals surface area contributed by atoms with Crippen molar-refractivity contribution >= 4 is 12.4 Å². The van der Waals surface area contributed by atoms with Crippen LogP contribution in [0.2, 0.25) is 0 Å². The van der Waals surface area contributed by atoms with Crippen molar-refractivity contribution in [3.05, 3.63) is 59.2 Å². The highest BCUT2D eigenvalue weighted by atomic mass is 35.5. The molecule has 0 saturated carbocycles. The Morgan fingerprint density at radius 1 is 1.22 bits per heavy atom. The summed E-state index contributed by atoms with van der Waals surface area (Å²) in [7, 11) is 0. The number of hydrogen-bond acceptors (Lipinski definition) is 6. The third-order valence-corrected chi connectivity index (χ3v) is 4.57. The Bertz CT molecular complexity index is 883. The molecule has 27 heavy (non-hydrogen) atoms. The lowest BCUT2D eigenvalue weighted by molar-refractivity contribution is 0.298. The number of benzene rings is 1. The van der Waals surface area contributed by atoms with Gasteiger partial charge in [0.2, 0.25) is 11.7 Å². The van der Waals surface area contributed by atoms with E-state index in [1.807, 2.05) is 43.5 Å². The molecular formula is C20H23ClN4O2. The second kappa shape index (κ2) is 8.97. The number of fused-ring (bicyclic) bond motifs is 1. The van der Waals surface area contributed by atoms with E-state index in [-0.39, 0.29) is 12.4 Å². The number of ether oxygens (including phenoxy) is 1. The summed E-state index contributed by atoms with van der Waals surface area (Å²) >= 11 is 0. The molecule has 0 spiro atoms. The van der Waals surface area contributed by atoms with E-state index in [1.54, 1.807) is 0 Å². The largest absolute Gasteiger partial charge is 0.494 e. The highest BCUT2D eigenvalue weighted by Gasteiger charge is 2.20. The molecular weight excluding hydrogens is 364 g/mol. The van der Waals surface area contributed by atoms with Crippen molar-refractivity contribution in [3.8, 4) is 17.1 Å². The van der Waals surface area contributed by atoms with Gasteiger partial charge in [-0.2, -0.15) is 4.98 Å². The van der Waals surface area contributed by atoms with Crippen molar-refractivity contribution in [2.24, 2.45) is 0 Å². The van der Waals surface area contributed by atoms with Gasteiger partial charge in [-0.1, -0.05) is 23.4 Å². The van der Waals surface area contributed by atoms with E-state index in [4.69, 9.17) is 9.26 Å². The molecule has 0 aliphatic carbocycles. The van der Waals surface area contributed by atoms with Gasteiger partial charge >= 0.3 is 0 Å². The van der Waals surface area contributed by atoms with Gasteiger partial charge in [0.1, 0.15) is 5.75 Å². The number of aromatic nitrogens is 3. The standard InChI is InChI=1S/C20H22N4O2.ClH/c1-14-19(17-9-10-21-12-15(17)13-22-14)20-23-18(26-24-20)8-5-11-25-16-6-3-2-4-7-16;/h2-4,6-7,13,21H,5,8-12H2,1H3;1H. The van der Waals surface area contributed by atoms with Crippen LogP contribution in [0.1, 0.15) is 29.1 Å². The Balaban J connectivity index is 0.00000210. The zero-order valence-electron chi connectivity index (χ0n) is 15.3. The van der Waals surface area contributed by atoms with Gasteiger partial charge in [0, 0.05) is 30.4 Å². The summed E-state index contributed by atoms with van der Waals surface area (Å²) in [6, 6.07) is 9.81. The van der Waals surface area contributed by atoms with Crippen LogP contribution in [0.25, 0.3) is 11.4 Å². The maximum absolute atomic E-state index is 5.71. The molecule has 1 aliphatic heterocycles. The van der Waals surface area contributed by atoms with Crippen LogP contribution in [0.15, 0.2) is 41.1 Å². The molecule has 0 amide bonds. The third-order valence-electron chi connectivity index (χ3n) is 4.57. The van der Waals surface area contributed by atoms with Crippen molar-refractivity contribution in [2.45, 2.75) is 32.7 Å². The summed E-state index contributed by atoms with van der Waals surface area (Å²) in [4.78, 5) is 9.11. The number of rotatable bonds is 6. The van der Waals surface area contributed by atoms with Gasteiger partial charge in [-0.3, -0.25) is 4.98 Å². The molecule has 4 rings (SSSR count). The van der Waals surface area contributed by atoms with Crippen molar-refractivity contribution in [1.29, 1.82) is 0 Å². The third kappa shape index (κ3) is 4.46. The maximum Gasteiger partial charge on any atom is 0.227 e. The summed E-state index contributed by atoms with van der Waals surface area (Å²) in [5.41, 5.74) is 4.49. The lowest BCUT2D eigenvalue weighted by atomic mass is 9.95. The molecule has 1 N–H and O–H groups in total. The minimum Gasteiger partial charge on any atom is -0.494 e.